The van der Waals surface area contributed by atoms with Crippen LogP contribution in [0.5, 0.6) is 0 Å². The summed E-state index contributed by atoms with van der Waals surface area (Å²) in [5, 5.41) is 5.58. The van der Waals surface area contributed by atoms with Crippen molar-refractivity contribution in [3.05, 3.63) is 122 Å². The second-order valence-electron chi connectivity index (χ2n) is 13.4. The number of halogens is 4. The van der Waals surface area contributed by atoms with Crippen molar-refractivity contribution in [1.82, 2.24) is 4.98 Å². The summed E-state index contributed by atoms with van der Waals surface area (Å²) in [5.74, 6) is -2.35. The van der Waals surface area contributed by atoms with Gasteiger partial charge < -0.3 is 25.2 Å². The monoisotopic (exact) mass is 773 g/mol. The third kappa shape index (κ3) is 6.88. The predicted octanol–water partition coefficient (Wildman–Crippen LogP) is 8.72. The van der Waals surface area contributed by atoms with Crippen LogP contribution in [0.15, 0.2) is 79.0 Å². The van der Waals surface area contributed by atoms with Crippen LogP contribution in [0.25, 0.3) is 10.4 Å². The summed E-state index contributed by atoms with van der Waals surface area (Å²) in [4.78, 5) is 50.1. The minimum absolute atomic E-state index is 0.222. The van der Waals surface area contributed by atoms with Crippen LogP contribution in [0.1, 0.15) is 48.8 Å². The van der Waals surface area contributed by atoms with Gasteiger partial charge >= 0.3 is 0 Å². The van der Waals surface area contributed by atoms with Crippen molar-refractivity contribution in [3.8, 4) is 10.4 Å². The number of thiophene rings is 1. The number of hydrogen-bond donors (Lipinski definition) is 2. The Labute approximate surface area is 317 Å². The molecule has 2 saturated heterocycles. The average Bonchev–Trinajstić information content (AvgIpc) is 3.50. The summed E-state index contributed by atoms with van der Waals surface area (Å²) in [7, 11) is 0. The molecule has 0 saturated carbocycles. The van der Waals surface area contributed by atoms with E-state index in [4.69, 9.17) is 27.9 Å². The molecule has 2 N–H and O–H groups in total. The van der Waals surface area contributed by atoms with E-state index < -0.39 is 17.5 Å². The molecule has 5 aromatic rings. The lowest BCUT2D eigenvalue weighted by Crippen LogP contribution is -2.59. The molecule has 14 heteroatoms. The van der Waals surface area contributed by atoms with Gasteiger partial charge in [-0.05, 0) is 91.6 Å². The van der Waals surface area contributed by atoms with Crippen LogP contribution in [0.4, 0.5) is 31.7 Å². The third-order valence-electron chi connectivity index (χ3n) is 9.95. The van der Waals surface area contributed by atoms with Gasteiger partial charge in [-0.2, -0.15) is 0 Å². The lowest BCUT2D eigenvalue weighted by Gasteiger charge is -2.53. The normalized spacial score (nSPS) is 15.9. The summed E-state index contributed by atoms with van der Waals surface area (Å²) in [6.45, 7) is 3.48. The average molecular weight is 775 g/mol. The molecule has 9 nitrogen and oxygen atoms in total. The van der Waals surface area contributed by atoms with Gasteiger partial charge in [-0.1, -0.05) is 23.2 Å². The van der Waals surface area contributed by atoms with E-state index in [0.717, 1.165) is 55.7 Å². The first kappa shape index (κ1) is 35.2. The first-order valence-electron chi connectivity index (χ1n) is 17.0. The van der Waals surface area contributed by atoms with E-state index >= 15 is 0 Å². The van der Waals surface area contributed by atoms with E-state index in [1.54, 1.807) is 71.8 Å². The number of nitrogens with zero attached hydrogens (tertiary/aromatic N) is 3. The Kier molecular flexibility index (Phi) is 9.40. The van der Waals surface area contributed by atoms with Gasteiger partial charge in [-0.15, -0.1) is 11.3 Å². The highest BCUT2D eigenvalue weighted by atomic mass is 35.5. The molecule has 0 atom stereocenters. The molecule has 5 heterocycles. The number of benzene rings is 3. The molecule has 53 heavy (non-hydrogen) atoms. The Balaban J connectivity index is 0.983. The van der Waals surface area contributed by atoms with Crippen molar-refractivity contribution in [2.24, 2.45) is 5.41 Å². The van der Waals surface area contributed by atoms with Gasteiger partial charge in [-0.25, -0.2) is 13.8 Å². The van der Waals surface area contributed by atoms with Crippen molar-refractivity contribution in [1.29, 1.82) is 0 Å². The molecule has 0 bridgehead atoms. The molecule has 3 amide bonds. The molecule has 2 fully saturated rings. The molecule has 1 spiro atoms. The molecule has 0 aliphatic carbocycles. The molecule has 3 aliphatic rings. The first-order valence-corrected chi connectivity index (χ1v) is 18.5. The number of amides is 3. The van der Waals surface area contributed by atoms with Gasteiger partial charge in [0, 0.05) is 77.2 Å². The van der Waals surface area contributed by atoms with Crippen molar-refractivity contribution in [2.45, 2.75) is 19.3 Å². The molecule has 8 rings (SSSR count). The zero-order valence-corrected chi connectivity index (χ0v) is 30.4. The summed E-state index contributed by atoms with van der Waals surface area (Å²) in [6.07, 6.45) is 4.12. The second kappa shape index (κ2) is 14.2. The van der Waals surface area contributed by atoms with Gasteiger partial charge in [0.05, 0.1) is 26.8 Å². The highest BCUT2D eigenvalue weighted by Crippen LogP contribution is 2.44. The van der Waals surface area contributed by atoms with Crippen LogP contribution >= 0.6 is 34.5 Å². The maximum Gasteiger partial charge on any atom is 0.265 e. The number of rotatable bonds is 6. The number of fused-ring (bicyclic) bond motifs is 3. The summed E-state index contributed by atoms with van der Waals surface area (Å²) in [6, 6.07) is 18.7. The Morgan fingerprint density at radius 2 is 1.68 bits per heavy atom. The van der Waals surface area contributed by atoms with E-state index in [-0.39, 0.29) is 34.5 Å². The molecular weight excluding hydrogens is 743 g/mol. The highest BCUT2D eigenvalue weighted by molar-refractivity contribution is 7.17. The van der Waals surface area contributed by atoms with Crippen LogP contribution in [0.2, 0.25) is 10.0 Å². The molecule has 2 aromatic heterocycles. The second-order valence-corrected chi connectivity index (χ2v) is 15.3. The number of carbonyl (C=O) groups excluding carboxylic acids is 3. The lowest BCUT2D eigenvalue weighted by atomic mass is 9.73. The standard InChI is InChI=1S/C39H31Cl2F2N5O4S/c40-24-5-8-27-31(17-24)48(13-9-23-16-32(53-34(23)27)37(50)46-33-29(41)18-25(42)19-30(33)43)38(51)22-3-6-26(7-4-22)45-36(49)28-2-1-12-44-35(28)47-20-39(21-47)10-14-52-15-11-39/h1-8,12,16-19H,9-11,13-15,20-21H2,(H,45,49)(H,46,50). The number of anilines is 4. The highest BCUT2D eigenvalue weighted by Gasteiger charge is 2.45. The van der Waals surface area contributed by atoms with Crippen LogP contribution < -0.4 is 20.4 Å². The molecule has 270 valence electrons. The summed E-state index contributed by atoms with van der Waals surface area (Å²) < 4.78 is 33.5. The quantitative estimate of drug-likeness (QED) is 0.179. The molecule has 3 aliphatic heterocycles. The van der Waals surface area contributed by atoms with Crippen LogP contribution in [0, 0.1) is 17.0 Å². The van der Waals surface area contributed by atoms with Crippen LogP contribution in [-0.2, 0) is 11.2 Å². The van der Waals surface area contributed by atoms with E-state index in [1.165, 1.54) is 11.3 Å². The van der Waals surface area contributed by atoms with Crippen molar-refractivity contribution in [2.75, 3.05) is 53.3 Å². The van der Waals surface area contributed by atoms with Gasteiger partial charge in [0.1, 0.15) is 11.6 Å². The number of carbonyl (C=O) groups is 3. The van der Waals surface area contributed by atoms with Gasteiger partial charge in [0.2, 0.25) is 0 Å². The maximum atomic E-state index is 14.4. The SMILES string of the molecule is O=C(Nc1c(F)cc(F)cc1Cl)c1cc2c(s1)-c1ccc(Cl)cc1N(C(=O)c1ccc(NC(=O)c3cccnc3N3CC4(CCOCC4)C3)cc1)CC2. The number of pyridine rings is 1. The van der Waals surface area contributed by atoms with Gasteiger partial charge in [-0.3, -0.25) is 14.4 Å². The van der Waals surface area contributed by atoms with Crippen molar-refractivity contribution in [3.63, 3.8) is 0 Å². The molecule has 0 radical (unpaired) electrons. The zero-order valence-electron chi connectivity index (χ0n) is 28.1. The molecular formula is C39H31Cl2F2N5O4S. The van der Waals surface area contributed by atoms with E-state index in [0.29, 0.717) is 56.3 Å². The number of hydrogen-bond acceptors (Lipinski definition) is 7. The topological polar surface area (TPSA) is 104 Å². The van der Waals surface area contributed by atoms with Crippen molar-refractivity contribution < 1.29 is 27.9 Å². The molecule has 0 unspecified atom stereocenters. The fourth-order valence-corrected chi connectivity index (χ4v) is 8.73. The smallest absolute Gasteiger partial charge is 0.265 e. The zero-order chi connectivity index (χ0) is 36.9. The van der Waals surface area contributed by atoms with Crippen molar-refractivity contribution >= 4 is 75.1 Å². The fourth-order valence-electron chi connectivity index (χ4n) is 7.19. The Bertz CT molecular complexity index is 2250. The van der Waals surface area contributed by atoms with Gasteiger partial charge in [0.15, 0.2) is 5.82 Å². The van der Waals surface area contributed by atoms with Gasteiger partial charge in [0.25, 0.3) is 17.7 Å². The summed E-state index contributed by atoms with van der Waals surface area (Å²) >= 11 is 13.6. The number of ether oxygens (including phenoxy) is 1. The first-order chi connectivity index (χ1) is 25.6. The Morgan fingerprint density at radius 1 is 0.906 bits per heavy atom. The number of aromatic nitrogens is 1. The maximum absolute atomic E-state index is 14.4. The Hall–Kier alpha value is -4.88. The van der Waals surface area contributed by atoms with E-state index in [9.17, 15) is 23.2 Å². The Morgan fingerprint density at radius 3 is 2.43 bits per heavy atom. The fraction of sp³-hybridized carbons (Fsp3) is 0.231. The van der Waals surface area contributed by atoms with E-state index in [1.807, 2.05) is 0 Å². The van der Waals surface area contributed by atoms with Crippen LogP contribution in [0.3, 0.4) is 0 Å². The predicted molar refractivity (Wildman–Crippen MR) is 203 cm³/mol. The summed E-state index contributed by atoms with van der Waals surface area (Å²) in [5.41, 5.74) is 3.41. The largest absolute Gasteiger partial charge is 0.381 e. The lowest BCUT2D eigenvalue weighted by molar-refractivity contribution is -0.000510. The number of nitrogens with one attached hydrogen (secondary N) is 2. The molecule has 3 aromatic carbocycles. The minimum atomic E-state index is -0.987. The third-order valence-corrected chi connectivity index (χ3v) is 11.7. The van der Waals surface area contributed by atoms with Crippen LogP contribution in [-0.4, -0.2) is 55.6 Å². The van der Waals surface area contributed by atoms with E-state index in [2.05, 4.69) is 20.5 Å². The minimum Gasteiger partial charge on any atom is -0.381 e.